The van der Waals surface area contributed by atoms with Crippen LogP contribution in [-0.4, -0.2) is 46.1 Å². The Morgan fingerprint density at radius 1 is 1.33 bits per heavy atom. The van der Waals surface area contributed by atoms with Gasteiger partial charge in [-0.15, -0.1) is 0 Å². The molecule has 0 aromatic rings. The zero-order chi connectivity index (χ0) is 14.0. The van der Waals surface area contributed by atoms with Crippen molar-refractivity contribution < 1.29 is 20.1 Å². The van der Waals surface area contributed by atoms with Crippen molar-refractivity contribution in [2.24, 2.45) is 10.4 Å². The molecule has 5 nitrogen and oxygen atoms in total. The molecule has 1 rings (SSSR count). The quantitative estimate of drug-likeness (QED) is 0.654. The van der Waals surface area contributed by atoms with E-state index in [1.54, 1.807) is 6.92 Å². The van der Waals surface area contributed by atoms with Crippen molar-refractivity contribution in [3.05, 3.63) is 11.3 Å². The highest BCUT2D eigenvalue weighted by atomic mass is 16.3. The maximum Gasteiger partial charge on any atom is 0.168 e. The lowest BCUT2D eigenvalue weighted by molar-refractivity contribution is -0.117. The number of carbonyl (C=O) groups excluding carboxylic acids is 1. The number of nitrogens with zero attached hydrogens (tertiary/aromatic N) is 1. The van der Waals surface area contributed by atoms with Crippen LogP contribution in [0.15, 0.2) is 16.3 Å². The summed E-state index contributed by atoms with van der Waals surface area (Å²) in [5.74, 6) is -0.135. The summed E-state index contributed by atoms with van der Waals surface area (Å²) < 4.78 is 0. The van der Waals surface area contributed by atoms with Crippen LogP contribution >= 0.6 is 0 Å². The van der Waals surface area contributed by atoms with E-state index in [1.165, 1.54) is 6.21 Å². The number of carbonyl (C=O) groups is 1. The summed E-state index contributed by atoms with van der Waals surface area (Å²) in [5.41, 5.74) is -1.08. The summed E-state index contributed by atoms with van der Waals surface area (Å²) in [5, 5.41) is 28.0. The molecule has 0 saturated heterocycles. The fourth-order valence-electron chi connectivity index (χ4n) is 1.80. The molecule has 102 valence electrons. The number of hydrogen-bond donors (Lipinski definition) is 3. The monoisotopic (exact) mass is 255 g/mol. The van der Waals surface area contributed by atoms with Gasteiger partial charge in [-0.05, 0) is 12.3 Å². The molecule has 0 aliphatic heterocycles. The number of aliphatic hydroxyl groups is 3. The van der Waals surface area contributed by atoms with E-state index in [2.05, 4.69) is 4.99 Å². The fraction of sp³-hybridized carbons (Fsp3) is 0.692. The highest BCUT2D eigenvalue weighted by Crippen LogP contribution is 2.35. The van der Waals surface area contributed by atoms with Gasteiger partial charge in [0.1, 0.15) is 11.3 Å². The highest BCUT2D eigenvalue weighted by Gasteiger charge is 2.32. The van der Waals surface area contributed by atoms with E-state index in [0.29, 0.717) is 12.8 Å². The van der Waals surface area contributed by atoms with E-state index < -0.39 is 5.54 Å². The Kier molecular flexibility index (Phi) is 4.29. The zero-order valence-corrected chi connectivity index (χ0v) is 11.1. The molecule has 0 unspecified atom stereocenters. The molecule has 1 aliphatic carbocycles. The van der Waals surface area contributed by atoms with Gasteiger partial charge in [0.05, 0.1) is 18.8 Å². The van der Waals surface area contributed by atoms with Crippen LogP contribution in [0.2, 0.25) is 0 Å². The first-order valence-electron chi connectivity index (χ1n) is 5.95. The molecular weight excluding hydrogens is 234 g/mol. The first kappa shape index (κ1) is 14.9. The molecule has 0 aromatic carbocycles. The standard InChI is InChI=1S/C13H21NO4/c1-12(2)4-10(17)9(11(18)5-12)6-14-13(3,7-15)8-16/h6,15-17H,4-5,7-8H2,1-3H3. The van der Waals surface area contributed by atoms with Crippen molar-refractivity contribution in [1.82, 2.24) is 0 Å². The van der Waals surface area contributed by atoms with Gasteiger partial charge in [-0.3, -0.25) is 9.79 Å². The average molecular weight is 255 g/mol. The van der Waals surface area contributed by atoms with Crippen molar-refractivity contribution in [3.8, 4) is 0 Å². The SMILES string of the molecule is CC1(C)CC(=O)C(C=NC(C)(CO)CO)=C(O)C1. The number of Topliss-reactive ketones (excluding diaryl/α,β-unsaturated/α-hetero) is 1. The minimum Gasteiger partial charge on any atom is -0.511 e. The van der Waals surface area contributed by atoms with Crippen LogP contribution in [0, 0.1) is 5.41 Å². The Bertz CT molecular complexity index is 392. The number of allylic oxidation sites excluding steroid dienone is 2. The summed E-state index contributed by atoms with van der Waals surface area (Å²) in [6.45, 7) is 4.75. The van der Waals surface area contributed by atoms with Crippen molar-refractivity contribution in [2.45, 2.75) is 39.2 Å². The van der Waals surface area contributed by atoms with Crippen LogP contribution in [0.5, 0.6) is 0 Å². The Morgan fingerprint density at radius 2 is 1.89 bits per heavy atom. The topological polar surface area (TPSA) is 90.1 Å². The second-order valence-corrected chi connectivity index (χ2v) is 5.87. The number of aliphatic imine (C=N–C) groups is 1. The molecule has 0 aromatic heterocycles. The molecule has 0 fully saturated rings. The Hall–Kier alpha value is -1.20. The Labute approximate surface area is 107 Å². The number of aliphatic hydroxyl groups excluding tert-OH is 3. The lowest BCUT2D eigenvalue weighted by Gasteiger charge is -2.28. The van der Waals surface area contributed by atoms with E-state index >= 15 is 0 Å². The summed E-state index contributed by atoms with van der Waals surface area (Å²) in [7, 11) is 0. The van der Waals surface area contributed by atoms with Crippen molar-refractivity contribution in [3.63, 3.8) is 0 Å². The summed E-state index contributed by atoms with van der Waals surface area (Å²) in [6, 6.07) is 0. The first-order valence-corrected chi connectivity index (χ1v) is 5.95. The van der Waals surface area contributed by atoms with Crippen LogP contribution in [0.1, 0.15) is 33.6 Å². The fourth-order valence-corrected chi connectivity index (χ4v) is 1.80. The van der Waals surface area contributed by atoms with Gasteiger partial charge in [-0.1, -0.05) is 13.8 Å². The lowest BCUT2D eigenvalue weighted by Crippen LogP contribution is -2.32. The molecule has 0 amide bonds. The number of rotatable bonds is 4. The van der Waals surface area contributed by atoms with E-state index in [-0.39, 0.29) is 35.7 Å². The van der Waals surface area contributed by atoms with Gasteiger partial charge in [-0.25, -0.2) is 0 Å². The minimum absolute atomic E-state index is 0.0261. The molecule has 0 heterocycles. The second-order valence-electron chi connectivity index (χ2n) is 5.87. The van der Waals surface area contributed by atoms with Gasteiger partial charge in [0.25, 0.3) is 0 Å². The molecule has 0 spiro atoms. The molecule has 0 saturated carbocycles. The zero-order valence-electron chi connectivity index (χ0n) is 11.1. The summed E-state index contributed by atoms with van der Waals surface area (Å²) in [6.07, 6.45) is 2.04. The third-order valence-electron chi connectivity index (χ3n) is 3.08. The molecule has 0 bridgehead atoms. The molecule has 18 heavy (non-hydrogen) atoms. The largest absolute Gasteiger partial charge is 0.511 e. The van der Waals surface area contributed by atoms with Crippen LogP contribution in [0.25, 0.3) is 0 Å². The molecule has 5 heteroatoms. The minimum atomic E-state index is -1.03. The van der Waals surface area contributed by atoms with Crippen LogP contribution in [0.3, 0.4) is 0 Å². The predicted octanol–water partition coefficient (Wildman–Crippen LogP) is 1.00. The van der Waals surface area contributed by atoms with E-state index in [9.17, 15) is 9.90 Å². The maximum absolute atomic E-state index is 11.9. The molecule has 3 N–H and O–H groups in total. The van der Waals surface area contributed by atoms with Crippen LogP contribution in [-0.2, 0) is 4.79 Å². The first-order chi connectivity index (χ1) is 8.23. The predicted molar refractivity (Wildman–Crippen MR) is 68.7 cm³/mol. The Balaban J connectivity index is 2.97. The maximum atomic E-state index is 11.9. The van der Waals surface area contributed by atoms with Crippen molar-refractivity contribution in [2.75, 3.05) is 13.2 Å². The Morgan fingerprint density at radius 3 is 2.33 bits per heavy atom. The summed E-state index contributed by atoms with van der Waals surface area (Å²) in [4.78, 5) is 15.9. The number of ketones is 1. The van der Waals surface area contributed by atoms with Gasteiger partial charge in [-0.2, -0.15) is 0 Å². The van der Waals surface area contributed by atoms with Gasteiger partial charge in [0.15, 0.2) is 5.78 Å². The lowest BCUT2D eigenvalue weighted by atomic mass is 9.77. The van der Waals surface area contributed by atoms with Gasteiger partial charge >= 0.3 is 0 Å². The number of hydrogen-bond acceptors (Lipinski definition) is 5. The van der Waals surface area contributed by atoms with E-state index in [0.717, 1.165) is 0 Å². The molecule has 1 aliphatic rings. The van der Waals surface area contributed by atoms with Crippen LogP contribution < -0.4 is 0 Å². The van der Waals surface area contributed by atoms with Gasteiger partial charge in [0.2, 0.25) is 0 Å². The summed E-state index contributed by atoms with van der Waals surface area (Å²) >= 11 is 0. The highest BCUT2D eigenvalue weighted by molar-refractivity contribution is 6.14. The second kappa shape index (κ2) is 5.20. The van der Waals surface area contributed by atoms with E-state index in [1.807, 2.05) is 13.8 Å². The normalized spacial score (nSPS) is 20.8. The molecule has 0 atom stereocenters. The van der Waals surface area contributed by atoms with E-state index in [4.69, 9.17) is 10.2 Å². The third-order valence-corrected chi connectivity index (χ3v) is 3.08. The smallest absolute Gasteiger partial charge is 0.168 e. The van der Waals surface area contributed by atoms with Gasteiger partial charge in [0, 0.05) is 19.1 Å². The van der Waals surface area contributed by atoms with Crippen molar-refractivity contribution >= 4 is 12.0 Å². The third kappa shape index (κ3) is 3.40. The average Bonchev–Trinajstić information content (AvgIpc) is 2.26. The molecule has 0 radical (unpaired) electrons. The van der Waals surface area contributed by atoms with Crippen LogP contribution in [0.4, 0.5) is 0 Å². The molecular formula is C13H21NO4. The van der Waals surface area contributed by atoms with Gasteiger partial charge < -0.3 is 15.3 Å². The van der Waals surface area contributed by atoms with Crippen molar-refractivity contribution in [1.29, 1.82) is 0 Å².